The molecule has 3 nitrogen and oxygen atoms in total. The van der Waals surface area contributed by atoms with Crippen LogP contribution in [0.15, 0.2) is 0 Å². The molecule has 0 spiro atoms. The number of likely N-dealkylation sites (N-methyl/N-ethyl adjacent to an activating group) is 1. The number of rotatable bonds is 6. The van der Waals surface area contributed by atoms with Crippen molar-refractivity contribution in [2.24, 2.45) is 0 Å². The second-order valence-electron chi connectivity index (χ2n) is 6.40. The van der Waals surface area contributed by atoms with Crippen LogP contribution in [-0.4, -0.2) is 61.7 Å². The average Bonchev–Trinajstić information content (AvgIpc) is 2.48. The van der Waals surface area contributed by atoms with Crippen LogP contribution in [0.25, 0.3) is 0 Å². The van der Waals surface area contributed by atoms with E-state index in [-0.39, 0.29) is 0 Å². The van der Waals surface area contributed by atoms with Gasteiger partial charge in [-0.3, -0.25) is 0 Å². The van der Waals surface area contributed by atoms with Crippen LogP contribution in [0.2, 0.25) is 0 Å². The maximum absolute atomic E-state index is 3.47. The summed E-state index contributed by atoms with van der Waals surface area (Å²) in [5.74, 6) is 0. The smallest absolute Gasteiger partial charge is 0.0191 e. The van der Waals surface area contributed by atoms with Gasteiger partial charge in [-0.15, -0.1) is 0 Å². The minimum atomic E-state index is 0.691. The summed E-state index contributed by atoms with van der Waals surface area (Å²) in [6.45, 7) is 8.87. The molecule has 0 aromatic heterocycles. The Morgan fingerprint density at radius 2 is 1.74 bits per heavy atom. The van der Waals surface area contributed by atoms with Crippen LogP contribution in [0.3, 0.4) is 0 Å². The van der Waals surface area contributed by atoms with Crippen LogP contribution in [0.4, 0.5) is 0 Å². The van der Waals surface area contributed by atoms with Gasteiger partial charge in [0.05, 0.1) is 0 Å². The minimum absolute atomic E-state index is 0.691. The van der Waals surface area contributed by atoms with Crippen LogP contribution in [0.1, 0.15) is 51.9 Å². The third kappa shape index (κ3) is 4.73. The molecule has 112 valence electrons. The normalized spacial score (nSPS) is 25.6. The fourth-order valence-corrected chi connectivity index (χ4v) is 3.74. The Bertz CT molecular complexity index is 230. The minimum Gasteiger partial charge on any atom is -0.316 e. The molecule has 3 heteroatoms. The van der Waals surface area contributed by atoms with E-state index < -0.39 is 0 Å². The van der Waals surface area contributed by atoms with Crippen molar-refractivity contribution in [3.8, 4) is 0 Å². The van der Waals surface area contributed by atoms with Gasteiger partial charge in [0, 0.05) is 18.6 Å². The molecule has 19 heavy (non-hydrogen) atoms. The zero-order valence-electron chi connectivity index (χ0n) is 13.0. The highest BCUT2D eigenvalue weighted by molar-refractivity contribution is 4.83. The van der Waals surface area contributed by atoms with E-state index in [0.29, 0.717) is 6.04 Å². The highest BCUT2D eigenvalue weighted by Crippen LogP contribution is 2.21. The largest absolute Gasteiger partial charge is 0.316 e. The Morgan fingerprint density at radius 3 is 2.32 bits per heavy atom. The Morgan fingerprint density at radius 1 is 1.05 bits per heavy atom. The van der Waals surface area contributed by atoms with Gasteiger partial charge < -0.3 is 15.1 Å². The standard InChI is InChI=1S/C16H33N3/c1-3-7-15(17-2)14-18-12-8-16(9-13-18)19-10-5-4-6-11-19/h15-17H,3-14H2,1-2H3. The molecule has 0 saturated carbocycles. The first-order valence-corrected chi connectivity index (χ1v) is 8.47. The predicted molar refractivity (Wildman–Crippen MR) is 82.6 cm³/mol. The SMILES string of the molecule is CCCC(CN1CCC(N2CCCCC2)CC1)NC. The molecule has 2 saturated heterocycles. The van der Waals surface area contributed by atoms with Crippen molar-refractivity contribution in [1.29, 1.82) is 0 Å². The molecule has 2 heterocycles. The van der Waals surface area contributed by atoms with E-state index in [4.69, 9.17) is 0 Å². The number of nitrogens with one attached hydrogen (secondary N) is 1. The lowest BCUT2D eigenvalue weighted by molar-refractivity contribution is 0.0880. The Kier molecular flexibility index (Phi) is 6.62. The van der Waals surface area contributed by atoms with Crippen molar-refractivity contribution in [3.63, 3.8) is 0 Å². The number of hydrogen-bond acceptors (Lipinski definition) is 3. The van der Waals surface area contributed by atoms with E-state index in [9.17, 15) is 0 Å². The van der Waals surface area contributed by atoms with Gasteiger partial charge in [0.15, 0.2) is 0 Å². The molecule has 2 aliphatic rings. The molecular weight excluding hydrogens is 234 g/mol. The number of piperidine rings is 2. The zero-order chi connectivity index (χ0) is 13.5. The fraction of sp³-hybridized carbons (Fsp3) is 1.00. The van der Waals surface area contributed by atoms with E-state index >= 15 is 0 Å². The second-order valence-corrected chi connectivity index (χ2v) is 6.40. The average molecular weight is 267 g/mol. The Balaban J connectivity index is 1.69. The first-order chi connectivity index (χ1) is 9.33. The van der Waals surface area contributed by atoms with Crippen molar-refractivity contribution in [2.75, 3.05) is 39.8 Å². The van der Waals surface area contributed by atoms with E-state index in [1.54, 1.807) is 0 Å². The lowest BCUT2D eigenvalue weighted by atomic mass is 9.99. The first-order valence-electron chi connectivity index (χ1n) is 8.47. The van der Waals surface area contributed by atoms with Gasteiger partial charge >= 0.3 is 0 Å². The monoisotopic (exact) mass is 267 g/mol. The van der Waals surface area contributed by atoms with E-state index in [1.165, 1.54) is 77.7 Å². The maximum Gasteiger partial charge on any atom is 0.0191 e. The molecule has 0 amide bonds. The fourth-order valence-electron chi connectivity index (χ4n) is 3.74. The van der Waals surface area contributed by atoms with Gasteiger partial charge in [0.2, 0.25) is 0 Å². The summed E-state index contributed by atoms with van der Waals surface area (Å²) in [5.41, 5.74) is 0. The van der Waals surface area contributed by atoms with Crippen LogP contribution in [0.5, 0.6) is 0 Å². The van der Waals surface area contributed by atoms with Gasteiger partial charge in [-0.1, -0.05) is 19.8 Å². The van der Waals surface area contributed by atoms with Crippen molar-refractivity contribution < 1.29 is 0 Å². The number of hydrogen-bond donors (Lipinski definition) is 1. The summed E-state index contributed by atoms with van der Waals surface area (Å²) in [5, 5.41) is 3.47. The van der Waals surface area contributed by atoms with Gasteiger partial charge in [-0.05, 0) is 65.3 Å². The summed E-state index contributed by atoms with van der Waals surface area (Å²) in [6.07, 6.45) is 9.69. The van der Waals surface area contributed by atoms with Gasteiger partial charge in [0.25, 0.3) is 0 Å². The number of likely N-dealkylation sites (tertiary alicyclic amines) is 2. The molecule has 1 atom stereocenters. The molecule has 0 aromatic carbocycles. The topological polar surface area (TPSA) is 18.5 Å². The van der Waals surface area contributed by atoms with Crippen molar-refractivity contribution >= 4 is 0 Å². The third-order valence-electron chi connectivity index (χ3n) is 4.99. The number of nitrogens with zero attached hydrogens (tertiary/aromatic N) is 2. The van der Waals surface area contributed by atoms with E-state index in [0.717, 1.165) is 6.04 Å². The van der Waals surface area contributed by atoms with Crippen LogP contribution in [0, 0.1) is 0 Å². The molecule has 0 radical (unpaired) electrons. The van der Waals surface area contributed by atoms with Crippen LogP contribution < -0.4 is 5.32 Å². The molecule has 2 rings (SSSR count). The van der Waals surface area contributed by atoms with Crippen LogP contribution in [-0.2, 0) is 0 Å². The van der Waals surface area contributed by atoms with Gasteiger partial charge in [0.1, 0.15) is 0 Å². The Hall–Kier alpha value is -0.120. The molecule has 0 aliphatic carbocycles. The Labute approximate surface area is 119 Å². The van der Waals surface area contributed by atoms with Crippen molar-refractivity contribution in [1.82, 2.24) is 15.1 Å². The summed E-state index contributed by atoms with van der Waals surface area (Å²) < 4.78 is 0. The summed E-state index contributed by atoms with van der Waals surface area (Å²) >= 11 is 0. The molecule has 1 N–H and O–H groups in total. The highest BCUT2D eigenvalue weighted by atomic mass is 15.2. The third-order valence-corrected chi connectivity index (χ3v) is 4.99. The predicted octanol–water partition coefficient (Wildman–Crippen LogP) is 2.32. The van der Waals surface area contributed by atoms with E-state index in [2.05, 4.69) is 29.1 Å². The molecule has 1 unspecified atom stereocenters. The molecule has 2 aliphatic heterocycles. The lowest BCUT2D eigenvalue weighted by Crippen LogP contribution is -2.49. The highest BCUT2D eigenvalue weighted by Gasteiger charge is 2.26. The zero-order valence-corrected chi connectivity index (χ0v) is 13.0. The van der Waals surface area contributed by atoms with E-state index in [1.807, 2.05) is 0 Å². The lowest BCUT2D eigenvalue weighted by Gasteiger charge is -2.41. The maximum atomic E-state index is 3.47. The molecule has 0 bridgehead atoms. The van der Waals surface area contributed by atoms with Crippen molar-refractivity contribution in [3.05, 3.63) is 0 Å². The summed E-state index contributed by atoms with van der Waals surface area (Å²) in [7, 11) is 2.11. The molecule has 0 aromatic rings. The summed E-state index contributed by atoms with van der Waals surface area (Å²) in [6, 6.07) is 1.58. The summed E-state index contributed by atoms with van der Waals surface area (Å²) in [4.78, 5) is 5.44. The second kappa shape index (κ2) is 8.23. The van der Waals surface area contributed by atoms with Crippen molar-refractivity contribution in [2.45, 2.75) is 64.0 Å². The molecular formula is C16H33N3. The van der Waals surface area contributed by atoms with Gasteiger partial charge in [-0.25, -0.2) is 0 Å². The van der Waals surface area contributed by atoms with Gasteiger partial charge in [-0.2, -0.15) is 0 Å². The first kappa shape index (κ1) is 15.3. The quantitative estimate of drug-likeness (QED) is 0.797. The van der Waals surface area contributed by atoms with Crippen LogP contribution >= 0.6 is 0 Å². The molecule has 2 fully saturated rings.